The molecule has 0 aliphatic rings. The first-order chi connectivity index (χ1) is 9.11. The van der Waals surface area contributed by atoms with Crippen LogP contribution in [0.5, 0.6) is 5.75 Å². The van der Waals surface area contributed by atoms with Crippen molar-refractivity contribution in [1.82, 2.24) is 9.55 Å². The SMILES string of the molecule is CCn1ccnc1C(N)C(C)Oc1cccc(Cl)c1. The Labute approximate surface area is 118 Å². The van der Waals surface area contributed by atoms with Crippen molar-refractivity contribution in [1.29, 1.82) is 0 Å². The molecular weight excluding hydrogens is 262 g/mol. The Hall–Kier alpha value is -1.52. The molecule has 1 aromatic heterocycles. The van der Waals surface area contributed by atoms with E-state index >= 15 is 0 Å². The van der Waals surface area contributed by atoms with Crippen molar-refractivity contribution < 1.29 is 4.74 Å². The first-order valence-electron chi connectivity index (χ1n) is 6.30. The second-order valence-electron chi connectivity index (χ2n) is 4.38. The number of aromatic nitrogens is 2. The highest BCUT2D eigenvalue weighted by Gasteiger charge is 2.20. The number of benzene rings is 1. The van der Waals surface area contributed by atoms with Gasteiger partial charge in [0.25, 0.3) is 0 Å². The van der Waals surface area contributed by atoms with Gasteiger partial charge >= 0.3 is 0 Å². The van der Waals surface area contributed by atoms with Gasteiger partial charge in [0, 0.05) is 24.0 Å². The molecule has 0 saturated heterocycles. The zero-order chi connectivity index (χ0) is 13.8. The maximum atomic E-state index is 6.20. The van der Waals surface area contributed by atoms with Crippen LogP contribution in [0.1, 0.15) is 25.7 Å². The standard InChI is InChI=1S/C14H18ClN3O/c1-3-18-8-7-17-14(18)13(16)10(2)19-12-6-4-5-11(15)9-12/h4-10,13H,3,16H2,1-2H3. The van der Waals surface area contributed by atoms with E-state index in [0.717, 1.165) is 12.4 Å². The summed E-state index contributed by atoms with van der Waals surface area (Å²) >= 11 is 5.93. The predicted octanol–water partition coefficient (Wildman–Crippen LogP) is 3.02. The highest BCUT2D eigenvalue weighted by Crippen LogP contribution is 2.22. The van der Waals surface area contributed by atoms with Gasteiger partial charge in [0.1, 0.15) is 23.7 Å². The number of halogens is 1. The summed E-state index contributed by atoms with van der Waals surface area (Å²) in [6.07, 6.45) is 3.48. The van der Waals surface area contributed by atoms with Crippen molar-refractivity contribution in [3.8, 4) is 5.75 Å². The Bertz CT molecular complexity index is 541. The van der Waals surface area contributed by atoms with E-state index in [-0.39, 0.29) is 12.1 Å². The van der Waals surface area contributed by atoms with E-state index < -0.39 is 0 Å². The maximum absolute atomic E-state index is 6.20. The Morgan fingerprint density at radius 2 is 2.26 bits per heavy atom. The molecule has 2 aromatic rings. The first kappa shape index (κ1) is 13.9. The average molecular weight is 280 g/mol. The molecule has 2 unspecified atom stereocenters. The van der Waals surface area contributed by atoms with Crippen LogP contribution in [0.3, 0.4) is 0 Å². The van der Waals surface area contributed by atoms with Crippen LogP contribution in [0.15, 0.2) is 36.7 Å². The molecule has 0 saturated carbocycles. The van der Waals surface area contributed by atoms with Crippen molar-refractivity contribution in [2.75, 3.05) is 0 Å². The maximum Gasteiger partial charge on any atom is 0.129 e. The smallest absolute Gasteiger partial charge is 0.129 e. The Morgan fingerprint density at radius 3 is 2.95 bits per heavy atom. The summed E-state index contributed by atoms with van der Waals surface area (Å²) in [6, 6.07) is 7.01. The largest absolute Gasteiger partial charge is 0.489 e. The van der Waals surface area contributed by atoms with E-state index in [2.05, 4.69) is 11.9 Å². The molecule has 5 heteroatoms. The number of hydrogen-bond acceptors (Lipinski definition) is 3. The van der Waals surface area contributed by atoms with Gasteiger partial charge in [0.2, 0.25) is 0 Å². The Kier molecular flexibility index (Phi) is 4.45. The third kappa shape index (κ3) is 3.28. The molecule has 0 aliphatic carbocycles. The first-order valence-corrected chi connectivity index (χ1v) is 6.68. The van der Waals surface area contributed by atoms with E-state index in [1.165, 1.54) is 0 Å². The number of ether oxygens (including phenoxy) is 1. The van der Waals surface area contributed by atoms with Crippen LogP contribution in [0.4, 0.5) is 0 Å². The Morgan fingerprint density at radius 1 is 1.47 bits per heavy atom. The van der Waals surface area contributed by atoms with E-state index in [1.807, 2.05) is 35.9 Å². The quantitative estimate of drug-likeness (QED) is 0.915. The molecule has 2 N–H and O–H groups in total. The number of aryl methyl sites for hydroxylation is 1. The van der Waals surface area contributed by atoms with E-state index in [0.29, 0.717) is 10.8 Å². The zero-order valence-electron chi connectivity index (χ0n) is 11.1. The molecule has 0 aliphatic heterocycles. The van der Waals surface area contributed by atoms with Crippen LogP contribution < -0.4 is 10.5 Å². The molecule has 0 amide bonds. The topological polar surface area (TPSA) is 53.1 Å². The molecule has 0 spiro atoms. The zero-order valence-corrected chi connectivity index (χ0v) is 11.8. The van der Waals surface area contributed by atoms with Crippen LogP contribution in [0, 0.1) is 0 Å². The lowest BCUT2D eigenvalue weighted by Crippen LogP contribution is -2.31. The molecule has 4 nitrogen and oxygen atoms in total. The summed E-state index contributed by atoms with van der Waals surface area (Å²) in [4.78, 5) is 4.30. The number of nitrogens with two attached hydrogens (primary N) is 1. The number of rotatable bonds is 5. The summed E-state index contributed by atoms with van der Waals surface area (Å²) in [5.74, 6) is 1.54. The van der Waals surface area contributed by atoms with E-state index in [1.54, 1.807) is 12.3 Å². The lowest BCUT2D eigenvalue weighted by atomic mass is 10.2. The van der Waals surface area contributed by atoms with Crippen molar-refractivity contribution in [3.05, 3.63) is 47.5 Å². The van der Waals surface area contributed by atoms with E-state index in [4.69, 9.17) is 22.1 Å². The number of nitrogens with zero attached hydrogens (tertiary/aromatic N) is 2. The lowest BCUT2D eigenvalue weighted by molar-refractivity contribution is 0.184. The Balaban J connectivity index is 2.09. The lowest BCUT2D eigenvalue weighted by Gasteiger charge is -2.21. The van der Waals surface area contributed by atoms with Crippen molar-refractivity contribution in [3.63, 3.8) is 0 Å². The summed E-state index contributed by atoms with van der Waals surface area (Å²) in [5, 5.41) is 0.647. The van der Waals surface area contributed by atoms with Crippen molar-refractivity contribution in [2.24, 2.45) is 5.73 Å². The van der Waals surface area contributed by atoms with Crippen LogP contribution in [0.25, 0.3) is 0 Å². The molecule has 2 rings (SSSR count). The fraction of sp³-hybridized carbons (Fsp3) is 0.357. The van der Waals surface area contributed by atoms with Crippen molar-refractivity contribution >= 4 is 11.6 Å². The molecule has 0 fully saturated rings. The van der Waals surface area contributed by atoms with Gasteiger partial charge in [-0.05, 0) is 32.0 Å². The molecule has 1 aromatic carbocycles. The third-order valence-electron chi connectivity index (χ3n) is 3.01. The fourth-order valence-corrected chi connectivity index (χ4v) is 2.10. The average Bonchev–Trinajstić information content (AvgIpc) is 2.86. The molecular formula is C14H18ClN3O. The molecule has 102 valence electrons. The van der Waals surface area contributed by atoms with Gasteiger partial charge in [-0.15, -0.1) is 0 Å². The van der Waals surface area contributed by atoms with Crippen LogP contribution in [-0.4, -0.2) is 15.7 Å². The van der Waals surface area contributed by atoms with Gasteiger partial charge < -0.3 is 15.0 Å². The van der Waals surface area contributed by atoms with Gasteiger partial charge in [0.05, 0.1) is 0 Å². The van der Waals surface area contributed by atoms with E-state index in [9.17, 15) is 0 Å². The highest BCUT2D eigenvalue weighted by molar-refractivity contribution is 6.30. The minimum atomic E-state index is -0.283. The third-order valence-corrected chi connectivity index (χ3v) is 3.25. The molecule has 19 heavy (non-hydrogen) atoms. The van der Waals surface area contributed by atoms with Gasteiger partial charge in [0.15, 0.2) is 0 Å². The van der Waals surface area contributed by atoms with Crippen LogP contribution >= 0.6 is 11.6 Å². The van der Waals surface area contributed by atoms with Crippen molar-refractivity contribution in [2.45, 2.75) is 32.5 Å². The summed E-state index contributed by atoms with van der Waals surface area (Å²) in [6.45, 7) is 4.83. The molecule has 0 radical (unpaired) electrons. The molecule has 1 heterocycles. The van der Waals surface area contributed by atoms with Gasteiger partial charge in [-0.1, -0.05) is 17.7 Å². The summed E-state index contributed by atoms with van der Waals surface area (Å²) in [7, 11) is 0. The number of hydrogen-bond donors (Lipinski definition) is 1. The second kappa shape index (κ2) is 6.08. The van der Waals surface area contributed by atoms with Gasteiger partial charge in [-0.2, -0.15) is 0 Å². The van der Waals surface area contributed by atoms with Crippen LogP contribution in [-0.2, 0) is 6.54 Å². The molecule has 0 bridgehead atoms. The second-order valence-corrected chi connectivity index (χ2v) is 4.81. The normalized spacial score (nSPS) is 14.1. The predicted molar refractivity (Wildman–Crippen MR) is 76.4 cm³/mol. The molecule has 2 atom stereocenters. The monoisotopic (exact) mass is 279 g/mol. The minimum Gasteiger partial charge on any atom is -0.489 e. The summed E-state index contributed by atoms with van der Waals surface area (Å²) < 4.78 is 7.83. The van der Waals surface area contributed by atoms with Gasteiger partial charge in [-0.25, -0.2) is 4.98 Å². The summed E-state index contributed by atoms with van der Waals surface area (Å²) in [5.41, 5.74) is 6.20. The minimum absolute atomic E-state index is 0.189. The highest BCUT2D eigenvalue weighted by atomic mass is 35.5. The van der Waals surface area contributed by atoms with Gasteiger partial charge in [-0.3, -0.25) is 0 Å². The van der Waals surface area contributed by atoms with Crippen LogP contribution in [0.2, 0.25) is 5.02 Å². The number of imidazole rings is 1. The fourth-order valence-electron chi connectivity index (χ4n) is 1.92.